The van der Waals surface area contributed by atoms with Crippen molar-refractivity contribution in [1.82, 2.24) is 4.90 Å². The first-order valence-corrected chi connectivity index (χ1v) is 8.36. The third kappa shape index (κ3) is 4.73. The van der Waals surface area contributed by atoms with Gasteiger partial charge in [0.25, 0.3) is 0 Å². The number of aryl methyl sites for hydroxylation is 2. The lowest BCUT2D eigenvalue weighted by Crippen LogP contribution is -2.41. The van der Waals surface area contributed by atoms with Crippen molar-refractivity contribution in [3.63, 3.8) is 0 Å². The lowest BCUT2D eigenvalue weighted by atomic mass is 10.1. The third-order valence-corrected chi connectivity index (χ3v) is 4.27. The van der Waals surface area contributed by atoms with Crippen LogP contribution in [0.2, 0.25) is 0 Å². The molecule has 122 valence electrons. The van der Waals surface area contributed by atoms with Gasteiger partial charge < -0.3 is 4.74 Å². The number of carbonyl (C=O) groups excluding carboxylic acids is 1. The lowest BCUT2D eigenvalue weighted by Gasteiger charge is -2.32. The van der Waals surface area contributed by atoms with Crippen LogP contribution in [-0.4, -0.2) is 36.7 Å². The first kappa shape index (κ1) is 16.8. The van der Waals surface area contributed by atoms with Crippen molar-refractivity contribution in [2.75, 3.05) is 25.0 Å². The molecule has 1 saturated heterocycles. The summed E-state index contributed by atoms with van der Waals surface area (Å²) in [7, 11) is 0. The van der Waals surface area contributed by atoms with Crippen molar-refractivity contribution in [1.29, 1.82) is 0 Å². The summed E-state index contributed by atoms with van der Waals surface area (Å²) < 4.78 is 5.62. The van der Waals surface area contributed by atoms with Gasteiger partial charge in [-0.05, 0) is 57.3 Å². The second kappa shape index (κ2) is 8.18. The third-order valence-electron chi connectivity index (χ3n) is 4.27. The van der Waals surface area contributed by atoms with E-state index < -0.39 is 0 Å². The summed E-state index contributed by atoms with van der Waals surface area (Å²) in [5.74, 6) is 0. The molecule has 4 nitrogen and oxygen atoms in total. The van der Waals surface area contributed by atoms with E-state index in [1.54, 1.807) is 0 Å². The van der Waals surface area contributed by atoms with E-state index in [9.17, 15) is 4.79 Å². The normalized spacial score (nSPS) is 19.0. The van der Waals surface area contributed by atoms with Crippen LogP contribution < -0.4 is 5.32 Å². The number of anilines is 1. The number of nitrogens with zero attached hydrogens (tertiary/aromatic N) is 1. The van der Waals surface area contributed by atoms with E-state index in [1.165, 1.54) is 12.8 Å². The second-order valence-electron chi connectivity index (χ2n) is 6.22. The topological polar surface area (TPSA) is 41.6 Å². The van der Waals surface area contributed by atoms with E-state index >= 15 is 0 Å². The average Bonchev–Trinajstić information content (AvgIpc) is 2.49. The van der Waals surface area contributed by atoms with Gasteiger partial charge in [0.1, 0.15) is 6.10 Å². The minimum Gasteiger partial charge on any atom is -0.445 e. The fourth-order valence-corrected chi connectivity index (χ4v) is 2.99. The number of benzene rings is 1. The predicted molar refractivity (Wildman–Crippen MR) is 90.4 cm³/mol. The van der Waals surface area contributed by atoms with Crippen molar-refractivity contribution in [2.24, 2.45) is 0 Å². The van der Waals surface area contributed by atoms with Gasteiger partial charge in [-0.3, -0.25) is 10.2 Å². The van der Waals surface area contributed by atoms with Gasteiger partial charge in [0, 0.05) is 12.2 Å². The number of carbonyl (C=O) groups is 1. The molecule has 4 heteroatoms. The number of hydrogen-bond donors (Lipinski definition) is 1. The molecule has 0 radical (unpaired) electrons. The number of unbranched alkanes of at least 4 members (excludes halogenated alkanes) is 1. The molecule has 1 N–H and O–H groups in total. The maximum absolute atomic E-state index is 12.2. The molecule has 1 aliphatic heterocycles. The summed E-state index contributed by atoms with van der Waals surface area (Å²) >= 11 is 0. The molecular weight excluding hydrogens is 276 g/mol. The van der Waals surface area contributed by atoms with Crippen molar-refractivity contribution in [2.45, 2.75) is 52.6 Å². The molecule has 2 rings (SSSR count). The molecule has 1 heterocycles. The molecule has 0 saturated carbocycles. The molecule has 1 atom stereocenters. The van der Waals surface area contributed by atoms with Crippen molar-refractivity contribution < 1.29 is 9.53 Å². The standard InChI is InChI=1S/C18H28N2O2/c1-4-5-11-20-12-7-10-16(13-20)22-18(21)19-17-14(2)8-6-9-15(17)3/h6,8-9,16H,4-5,7,10-13H2,1-3H3,(H,19,21)/t16-/m0/s1. The Labute approximate surface area is 133 Å². The van der Waals surface area contributed by atoms with E-state index in [1.807, 2.05) is 32.0 Å². The number of likely N-dealkylation sites (tertiary alicyclic amines) is 1. The summed E-state index contributed by atoms with van der Waals surface area (Å²) in [4.78, 5) is 14.6. The van der Waals surface area contributed by atoms with Crippen LogP contribution in [0, 0.1) is 13.8 Å². The summed E-state index contributed by atoms with van der Waals surface area (Å²) in [6.07, 6.45) is 4.15. The summed E-state index contributed by atoms with van der Waals surface area (Å²) in [5.41, 5.74) is 2.99. The van der Waals surface area contributed by atoms with Crippen molar-refractivity contribution >= 4 is 11.8 Å². The van der Waals surface area contributed by atoms with Gasteiger partial charge in [-0.15, -0.1) is 0 Å². The summed E-state index contributed by atoms with van der Waals surface area (Å²) in [6, 6.07) is 5.99. The Morgan fingerprint density at radius 3 is 2.77 bits per heavy atom. The van der Waals surface area contributed by atoms with Gasteiger partial charge in [-0.1, -0.05) is 31.5 Å². The Kier molecular flexibility index (Phi) is 6.25. The monoisotopic (exact) mass is 304 g/mol. The smallest absolute Gasteiger partial charge is 0.411 e. The minimum absolute atomic E-state index is 0.00920. The van der Waals surface area contributed by atoms with E-state index in [-0.39, 0.29) is 12.2 Å². The molecule has 1 aromatic carbocycles. The molecule has 1 aromatic rings. The predicted octanol–water partition coefficient (Wildman–Crippen LogP) is 4.12. The number of rotatable bonds is 5. The van der Waals surface area contributed by atoms with Gasteiger partial charge in [-0.25, -0.2) is 4.79 Å². The first-order chi connectivity index (χ1) is 10.6. The van der Waals surface area contributed by atoms with Gasteiger partial charge in [0.2, 0.25) is 0 Å². The number of amides is 1. The van der Waals surface area contributed by atoms with Crippen LogP contribution in [0.3, 0.4) is 0 Å². The molecule has 0 aliphatic carbocycles. The molecule has 1 amide bonds. The zero-order chi connectivity index (χ0) is 15.9. The zero-order valence-electron chi connectivity index (χ0n) is 14.0. The van der Waals surface area contributed by atoms with Crippen LogP contribution in [0.4, 0.5) is 10.5 Å². The molecule has 0 bridgehead atoms. The van der Waals surface area contributed by atoms with Crippen LogP contribution in [0.25, 0.3) is 0 Å². The highest BCUT2D eigenvalue weighted by Gasteiger charge is 2.23. The summed E-state index contributed by atoms with van der Waals surface area (Å²) in [5, 5.41) is 2.90. The van der Waals surface area contributed by atoms with Crippen LogP contribution in [0.5, 0.6) is 0 Å². The Bertz CT molecular complexity index is 482. The van der Waals surface area contributed by atoms with Gasteiger partial charge in [-0.2, -0.15) is 0 Å². The van der Waals surface area contributed by atoms with Crippen molar-refractivity contribution in [3.05, 3.63) is 29.3 Å². The van der Waals surface area contributed by atoms with Crippen LogP contribution in [0.1, 0.15) is 43.7 Å². The molecule has 0 aromatic heterocycles. The number of hydrogen-bond acceptors (Lipinski definition) is 3. The molecular formula is C18H28N2O2. The fourth-order valence-electron chi connectivity index (χ4n) is 2.99. The fraction of sp³-hybridized carbons (Fsp3) is 0.611. The maximum atomic E-state index is 12.2. The molecule has 1 fully saturated rings. The quantitative estimate of drug-likeness (QED) is 0.890. The lowest BCUT2D eigenvalue weighted by molar-refractivity contribution is 0.0495. The van der Waals surface area contributed by atoms with Gasteiger partial charge in [0.05, 0.1) is 0 Å². The highest BCUT2D eigenvalue weighted by atomic mass is 16.6. The highest BCUT2D eigenvalue weighted by molar-refractivity contribution is 5.86. The molecule has 22 heavy (non-hydrogen) atoms. The number of nitrogens with one attached hydrogen (secondary N) is 1. The number of piperidine rings is 1. The number of para-hydroxylation sites is 1. The van der Waals surface area contributed by atoms with Gasteiger partial charge in [0.15, 0.2) is 0 Å². The summed E-state index contributed by atoms with van der Waals surface area (Å²) in [6.45, 7) is 9.29. The van der Waals surface area contributed by atoms with Crippen molar-refractivity contribution in [3.8, 4) is 0 Å². The second-order valence-corrected chi connectivity index (χ2v) is 6.22. The Morgan fingerprint density at radius 2 is 2.09 bits per heavy atom. The Morgan fingerprint density at radius 1 is 1.36 bits per heavy atom. The van der Waals surface area contributed by atoms with Gasteiger partial charge >= 0.3 is 6.09 Å². The largest absolute Gasteiger partial charge is 0.445 e. The van der Waals surface area contributed by atoms with Crippen LogP contribution in [0.15, 0.2) is 18.2 Å². The van der Waals surface area contributed by atoms with Crippen LogP contribution >= 0.6 is 0 Å². The minimum atomic E-state index is -0.334. The average molecular weight is 304 g/mol. The molecule has 0 spiro atoms. The van der Waals surface area contributed by atoms with E-state index in [0.717, 1.165) is 49.3 Å². The Balaban J connectivity index is 1.86. The SMILES string of the molecule is CCCCN1CCC[C@H](OC(=O)Nc2c(C)cccc2C)C1. The maximum Gasteiger partial charge on any atom is 0.411 e. The highest BCUT2D eigenvalue weighted by Crippen LogP contribution is 2.20. The van der Waals surface area contributed by atoms with E-state index in [2.05, 4.69) is 17.1 Å². The number of ether oxygens (including phenoxy) is 1. The van der Waals surface area contributed by atoms with E-state index in [0.29, 0.717) is 0 Å². The zero-order valence-corrected chi connectivity index (χ0v) is 14.0. The molecule has 1 aliphatic rings. The Hall–Kier alpha value is -1.55. The first-order valence-electron chi connectivity index (χ1n) is 8.36. The van der Waals surface area contributed by atoms with E-state index in [4.69, 9.17) is 4.74 Å². The van der Waals surface area contributed by atoms with Crippen LogP contribution in [-0.2, 0) is 4.74 Å². The molecule has 0 unspecified atom stereocenters.